The second-order valence-electron chi connectivity index (χ2n) is 11.8. The molecule has 45 heavy (non-hydrogen) atoms. The van der Waals surface area contributed by atoms with Crippen molar-refractivity contribution in [2.75, 3.05) is 36.9 Å². The fourth-order valence-corrected chi connectivity index (χ4v) is 6.49. The molecule has 12 heteroatoms. The third kappa shape index (κ3) is 5.29. The summed E-state index contributed by atoms with van der Waals surface area (Å²) in [6, 6.07) is 7.00. The Morgan fingerprint density at radius 2 is 2.07 bits per heavy atom. The first-order valence-corrected chi connectivity index (χ1v) is 15.2. The zero-order valence-corrected chi connectivity index (χ0v) is 24.5. The van der Waals surface area contributed by atoms with Crippen molar-refractivity contribution in [3.63, 3.8) is 0 Å². The molecule has 4 aliphatic rings. The van der Waals surface area contributed by atoms with Crippen LogP contribution in [-0.4, -0.2) is 68.2 Å². The molecule has 1 fully saturated rings. The summed E-state index contributed by atoms with van der Waals surface area (Å²) in [7, 11) is 0. The van der Waals surface area contributed by atoms with E-state index in [0.29, 0.717) is 59.0 Å². The highest BCUT2D eigenvalue weighted by atomic mass is 19.1. The van der Waals surface area contributed by atoms with Gasteiger partial charge in [-0.05, 0) is 54.5 Å². The van der Waals surface area contributed by atoms with Gasteiger partial charge in [-0.15, -0.1) is 0 Å². The summed E-state index contributed by atoms with van der Waals surface area (Å²) in [5.74, 6) is -1.69. The zero-order chi connectivity index (χ0) is 31.2. The molecule has 1 aromatic carbocycles. The predicted octanol–water partition coefficient (Wildman–Crippen LogP) is 3.79. The van der Waals surface area contributed by atoms with Crippen LogP contribution in [-0.2, 0) is 11.4 Å². The molecule has 0 radical (unpaired) electrons. The number of H-pyrrole nitrogens is 1. The number of rotatable bonds is 7. The molecule has 3 amide bonds. The Labute approximate surface area is 258 Å². The smallest absolute Gasteiger partial charge is 0.317 e. The molecule has 11 nitrogen and oxygen atoms in total. The number of anilines is 2. The lowest BCUT2D eigenvalue weighted by Crippen LogP contribution is -2.43. The highest BCUT2D eigenvalue weighted by molar-refractivity contribution is 6.02. The summed E-state index contributed by atoms with van der Waals surface area (Å²) in [5, 5.41) is 23.0. The molecule has 2 atom stereocenters. The second kappa shape index (κ2) is 11.6. The number of urea groups is 1. The standard InChI is InChI=1S/C33H34FN7O4/c34-25-15-21(18-4-5-18)14-20-8-12-41(31(44)28(20)25)27-3-1-2-22(24(27)17-43)29-23-16-26(37-30(23)39-32(35)38-29)19-6-10-40(11-7-19)33(45)36-9-13-42/h1-3,6,8,12,14-16,18,20,28,42-43H,4-5,7,9-11,13,17H2,(H,36,45)(H3,35,37,38,39). The van der Waals surface area contributed by atoms with Crippen molar-refractivity contribution >= 4 is 40.2 Å². The molecule has 4 heterocycles. The van der Waals surface area contributed by atoms with Crippen molar-refractivity contribution in [1.82, 2.24) is 25.2 Å². The summed E-state index contributed by atoms with van der Waals surface area (Å²) >= 11 is 0. The summed E-state index contributed by atoms with van der Waals surface area (Å²) in [4.78, 5) is 41.4. The maximum Gasteiger partial charge on any atom is 0.317 e. The van der Waals surface area contributed by atoms with Crippen LogP contribution in [0.15, 0.2) is 66.2 Å². The number of hydrogen-bond donors (Lipinski definition) is 5. The van der Waals surface area contributed by atoms with Gasteiger partial charge in [0.25, 0.3) is 0 Å². The Kier molecular flexibility index (Phi) is 7.46. The van der Waals surface area contributed by atoms with E-state index in [9.17, 15) is 14.7 Å². The van der Waals surface area contributed by atoms with Crippen molar-refractivity contribution in [2.45, 2.75) is 25.9 Å². The van der Waals surface area contributed by atoms with Gasteiger partial charge in [-0.3, -0.25) is 9.69 Å². The van der Waals surface area contributed by atoms with Gasteiger partial charge in [-0.1, -0.05) is 30.4 Å². The monoisotopic (exact) mass is 611 g/mol. The summed E-state index contributed by atoms with van der Waals surface area (Å²) in [5.41, 5.74) is 11.4. The van der Waals surface area contributed by atoms with Crippen molar-refractivity contribution in [1.29, 1.82) is 0 Å². The highest BCUT2D eigenvalue weighted by Crippen LogP contribution is 2.45. The van der Waals surface area contributed by atoms with Gasteiger partial charge in [0.15, 0.2) is 0 Å². The average molecular weight is 612 g/mol. The Morgan fingerprint density at radius 3 is 2.80 bits per heavy atom. The number of amides is 3. The average Bonchev–Trinajstić information content (AvgIpc) is 3.82. The van der Waals surface area contributed by atoms with Gasteiger partial charge >= 0.3 is 6.03 Å². The number of aliphatic hydroxyl groups excluding tert-OH is 2. The number of fused-ring (bicyclic) bond motifs is 2. The quantitative estimate of drug-likeness (QED) is 0.272. The Morgan fingerprint density at radius 1 is 1.22 bits per heavy atom. The second-order valence-corrected chi connectivity index (χ2v) is 11.8. The number of hydrogen-bond acceptors (Lipinski definition) is 7. The number of carbonyl (C=O) groups is 2. The zero-order valence-electron chi connectivity index (χ0n) is 24.5. The van der Waals surface area contributed by atoms with Crippen LogP contribution in [0, 0.1) is 17.8 Å². The van der Waals surface area contributed by atoms with Crippen molar-refractivity contribution in [3.05, 3.63) is 77.4 Å². The van der Waals surface area contributed by atoms with Gasteiger partial charge in [0.1, 0.15) is 17.4 Å². The molecule has 2 aliphatic heterocycles. The number of carbonyl (C=O) groups excluding carboxylic acids is 2. The molecule has 2 aromatic heterocycles. The normalized spacial score (nSPS) is 21.4. The molecule has 7 rings (SSSR count). The topological polar surface area (TPSA) is 161 Å². The van der Waals surface area contributed by atoms with Crippen LogP contribution in [0.1, 0.15) is 30.5 Å². The van der Waals surface area contributed by atoms with Gasteiger partial charge in [0.05, 0.1) is 24.6 Å². The minimum Gasteiger partial charge on any atom is -0.395 e. The highest BCUT2D eigenvalue weighted by Gasteiger charge is 2.41. The van der Waals surface area contributed by atoms with Gasteiger partial charge in [-0.2, -0.15) is 4.98 Å². The molecule has 2 unspecified atom stereocenters. The Bertz CT molecular complexity index is 1820. The molecular formula is C33H34FN7O4. The first-order valence-electron chi connectivity index (χ1n) is 15.2. The number of aromatic nitrogens is 3. The Hall–Kier alpha value is -4.81. The van der Waals surface area contributed by atoms with E-state index in [2.05, 4.69) is 20.3 Å². The lowest BCUT2D eigenvalue weighted by Gasteiger charge is -2.34. The van der Waals surface area contributed by atoms with Crippen LogP contribution < -0.4 is 16.0 Å². The van der Waals surface area contributed by atoms with Gasteiger partial charge < -0.3 is 31.1 Å². The molecule has 6 N–H and O–H groups in total. The predicted molar refractivity (Wildman–Crippen MR) is 168 cm³/mol. The fourth-order valence-electron chi connectivity index (χ4n) is 6.49. The molecule has 3 aromatic rings. The van der Waals surface area contributed by atoms with Crippen LogP contribution >= 0.6 is 0 Å². The van der Waals surface area contributed by atoms with E-state index in [-0.39, 0.29) is 31.0 Å². The molecular weight excluding hydrogens is 577 g/mol. The van der Waals surface area contributed by atoms with E-state index >= 15 is 4.39 Å². The van der Waals surface area contributed by atoms with Gasteiger partial charge in [0.2, 0.25) is 11.9 Å². The van der Waals surface area contributed by atoms with Crippen molar-refractivity contribution in [2.24, 2.45) is 17.8 Å². The van der Waals surface area contributed by atoms with E-state index in [0.717, 1.165) is 29.7 Å². The SMILES string of the molecule is Nc1nc(-c2cccc(N3C=CC4C=C(C5CC5)C=C(F)C4C3=O)c2CO)c2cc(C3=CCN(C(=O)NCCO)CC3)[nH]c2n1. The number of benzene rings is 1. The van der Waals surface area contributed by atoms with E-state index in [1.807, 2.05) is 24.3 Å². The lowest BCUT2D eigenvalue weighted by molar-refractivity contribution is -0.122. The molecule has 0 bridgehead atoms. The van der Waals surface area contributed by atoms with Crippen LogP contribution in [0.5, 0.6) is 0 Å². The van der Waals surface area contributed by atoms with Gasteiger partial charge in [-0.25, -0.2) is 14.2 Å². The van der Waals surface area contributed by atoms with Crippen LogP contribution in [0.4, 0.5) is 20.8 Å². The number of aromatic amines is 1. The van der Waals surface area contributed by atoms with E-state index in [4.69, 9.17) is 10.8 Å². The maximum atomic E-state index is 15.3. The summed E-state index contributed by atoms with van der Waals surface area (Å²) in [6.07, 6.45) is 11.7. The van der Waals surface area contributed by atoms with Crippen LogP contribution in [0.3, 0.4) is 0 Å². The lowest BCUT2D eigenvalue weighted by atomic mass is 9.80. The van der Waals surface area contributed by atoms with Crippen molar-refractivity contribution in [3.8, 4) is 11.3 Å². The van der Waals surface area contributed by atoms with Crippen molar-refractivity contribution < 1.29 is 24.2 Å². The molecule has 232 valence electrons. The fraction of sp³-hybridized carbons (Fsp3) is 0.333. The summed E-state index contributed by atoms with van der Waals surface area (Å²) in [6.45, 7) is 0.589. The maximum absolute atomic E-state index is 15.3. The number of nitrogens with zero attached hydrogens (tertiary/aromatic N) is 4. The number of allylic oxidation sites excluding steroid dienone is 4. The molecule has 0 saturated heterocycles. The molecule has 1 saturated carbocycles. The minimum atomic E-state index is -0.943. The van der Waals surface area contributed by atoms with Crippen LogP contribution in [0.2, 0.25) is 0 Å². The largest absolute Gasteiger partial charge is 0.395 e. The molecule has 0 spiro atoms. The molecule has 2 aliphatic carbocycles. The summed E-state index contributed by atoms with van der Waals surface area (Å²) < 4.78 is 15.3. The third-order valence-electron chi connectivity index (χ3n) is 8.94. The van der Waals surface area contributed by atoms with E-state index < -0.39 is 24.3 Å². The number of nitrogens with two attached hydrogens (primary N) is 1. The van der Waals surface area contributed by atoms with E-state index in [1.54, 1.807) is 29.3 Å². The number of aliphatic hydroxyl groups is 2. The number of nitrogens with one attached hydrogen (secondary N) is 2. The number of nitrogen functional groups attached to an aromatic ring is 1. The van der Waals surface area contributed by atoms with Gasteiger partial charge in [0, 0.05) is 54.0 Å². The van der Waals surface area contributed by atoms with E-state index in [1.165, 1.54) is 11.0 Å². The number of halogens is 1. The third-order valence-corrected chi connectivity index (χ3v) is 8.94. The van der Waals surface area contributed by atoms with Crippen LogP contribution in [0.25, 0.3) is 27.9 Å². The Balaban J connectivity index is 1.22. The minimum absolute atomic E-state index is 0.0361. The first-order chi connectivity index (χ1) is 21.9. The first kappa shape index (κ1) is 28.9.